The van der Waals surface area contributed by atoms with E-state index in [0.29, 0.717) is 43.1 Å². The summed E-state index contributed by atoms with van der Waals surface area (Å²) in [5.74, 6) is -0.542. The molecule has 2 aromatic rings. The van der Waals surface area contributed by atoms with Crippen molar-refractivity contribution in [1.82, 2.24) is 10.1 Å². The maximum Gasteiger partial charge on any atom is 0.310 e. The minimum atomic E-state index is -0.408. The van der Waals surface area contributed by atoms with Crippen LogP contribution in [0.25, 0.3) is 0 Å². The molecule has 3 rings (SSSR count). The van der Waals surface area contributed by atoms with Crippen molar-refractivity contribution in [3.8, 4) is 5.75 Å². The van der Waals surface area contributed by atoms with Crippen molar-refractivity contribution < 1.29 is 28.0 Å². The highest BCUT2D eigenvalue weighted by Gasteiger charge is 2.32. The fourth-order valence-corrected chi connectivity index (χ4v) is 3.21. The van der Waals surface area contributed by atoms with Crippen LogP contribution in [0, 0.1) is 18.7 Å². The van der Waals surface area contributed by atoms with Crippen LogP contribution in [0.5, 0.6) is 5.75 Å². The van der Waals surface area contributed by atoms with Gasteiger partial charge in [-0.3, -0.25) is 9.59 Å². The number of carbonyl (C=O) groups excluding carboxylic acids is 2. The van der Waals surface area contributed by atoms with E-state index in [1.165, 1.54) is 12.1 Å². The topological polar surface area (TPSA) is 81.9 Å². The van der Waals surface area contributed by atoms with Gasteiger partial charge >= 0.3 is 5.97 Å². The molecule has 1 aliphatic rings. The van der Waals surface area contributed by atoms with Crippen LogP contribution in [0.2, 0.25) is 0 Å². The van der Waals surface area contributed by atoms with Crippen LogP contribution in [0.3, 0.4) is 0 Å². The molecule has 7 nitrogen and oxygen atoms in total. The minimum absolute atomic E-state index is 0.0228. The molecule has 1 unspecified atom stereocenters. The molecule has 1 amide bonds. The Balaban J connectivity index is 1.71. The zero-order valence-electron chi connectivity index (χ0n) is 15.9. The Labute approximate surface area is 162 Å². The first-order chi connectivity index (χ1) is 13.5. The number of amides is 1. The summed E-state index contributed by atoms with van der Waals surface area (Å²) < 4.78 is 29.2. The Morgan fingerprint density at radius 3 is 2.96 bits per heavy atom. The van der Waals surface area contributed by atoms with Gasteiger partial charge in [0.15, 0.2) is 5.69 Å². The summed E-state index contributed by atoms with van der Waals surface area (Å²) in [5.41, 5.74) is 0.658. The van der Waals surface area contributed by atoms with Crippen LogP contribution < -0.4 is 4.74 Å². The lowest BCUT2D eigenvalue weighted by atomic mass is 9.97. The highest BCUT2D eigenvalue weighted by atomic mass is 19.1. The van der Waals surface area contributed by atoms with Crippen molar-refractivity contribution in [2.45, 2.75) is 33.3 Å². The summed E-state index contributed by atoms with van der Waals surface area (Å²) in [5, 5.41) is 3.89. The molecule has 1 saturated heterocycles. The number of hydrogen-bond donors (Lipinski definition) is 0. The summed E-state index contributed by atoms with van der Waals surface area (Å²) in [7, 11) is 0. The van der Waals surface area contributed by atoms with Crippen LogP contribution in [-0.2, 0) is 16.1 Å². The van der Waals surface area contributed by atoms with Crippen molar-refractivity contribution in [2.75, 3.05) is 19.7 Å². The smallest absolute Gasteiger partial charge is 0.310 e. The van der Waals surface area contributed by atoms with E-state index in [9.17, 15) is 14.0 Å². The molecule has 1 aliphatic heterocycles. The van der Waals surface area contributed by atoms with Crippen LogP contribution >= 0.6 is 0 Å². The highest BCUT2D eigenvalue weighted by molar-refractivity contribution is 5.94. The molecule has 1 atom stereocenters. The second-order valence-corrected chi connectivity index (χ2v) is 6.65. The summed E-state index contributed by atoms with van der Waals surface area (Å²) in [6.07, 6.45) is 1.40. The lowest BCUT2D eigenvalue weighted by Crippen LogP contribution is -2.43. The van der Waals surface area contributed by atoms with E-state index in [-0.39, 0.29) is 36.6 Å². The van der Waals surface area contributed by atoms with Crippen molar-refractivity contribution in [2.24, 2.45) is 5.92 Å². The molecular weight excluding hydrogens is 367 g/mol. The summed E-state index contributed by atoms with van der Waals surface area (Å²) >= 11 is 0. The van der Waals surface area contributed by atoms with Crippen molar-refractivity contribution in [1.29, 1.82) is 0 Å². The van der Waals surface area contributed by atoms with Gasteiger partial charge in [-0.1, -0.05) is 11.2 Å². The average Bonchev–Trinajstić information content (AvgIpc) is 3.06. The Hall–Kier alpha value is -2.90. The number of piperidine rings is 1. The fourth-order valence-electron chi connectivity index (χ4n) is 3.21. The first-order valence-electron chi connectivity index (χ1n) is 9.29. The summed E-state index contributed by atoms with van der Waals surface area (Å²) in [6, 6.07) is 5.75. The van der Waals surface area contributed by atoms with E-state index in [0.717, 1.165) is 0 Å². The van der Waals surface area contributed by atoms with Crippen LogP contribution in [-0.4, -0.2) is 41.6 Å². The van der Waals surface area contributed by atoms with Crippen molar-refractivity contribution in [3.05, 3.63) is 47.1 Å². The third kappa shape index (κ3) is 4.49. The maximum atomic E-state index is 13.3. The molecule has 1 aromatic carbocycles. The van der Waals surface area contributed by atoms with E-state index in [4.69, 9.17) is 14.0 Å². The Bertz CT molecular complexity index is 851. The molecule has 8 heteroatoms. The predicted molar refractivity (Wildman–Crippen MR) is 97.2 cm³/mol. The van der Waals surface area contributed by atoms with Gasteiger partial charge in [-0.15, -0.1) is 0 Å². The number of hydrogen-bond acceptors (Lipinski definition) is 6. The largest absolute Gasteiger partial charge is 0.489 e. The molecule has 150 valence electrons. The number of benzene rings is 1. The van der Waals surface area contributed by atoms with Crippen LogP contribution in [0.4, 0.5) is 4.39 Å². The third-order valence-corrected chi connectivity index (χ3v) is 4.70. The molecule has 0 spiro atoms. The zero-order valence-corrected chi connectivity index (χ0v) is 15.9. The number of rotatable bonds is 6. The quantitative estimate of drug-likeness (QED) is 0.705. The predicted octanol–water partition coefficient (Wildman–Crippen LogP) is 3.12. The van der Waals surface area contributed by atoms with Gasteiger partial charge in [0.1, 0.15) is 23.9 Å². The van der Waals surface area contributed by atoms with Crippen molar-refractivity contribution in [3.63, 3.8) is 0 Å². The van der Waals surface area contributed by atoms with Crippen LogP contribution in [0.15, 0.2) is 28.8 Å². The number of esters is 1. The Kier molecular flexibility index (Phi) is 6.28. The number of aromatic nitrogens is 1. The van der Waals surface area contributed by atoms with E-state index in [2.05, 4.69) is 5.16 Å². The highest BCUT2D eigenvalue weighted by Crippen LogP contribution is 2.23. The van der Waals surface area contributed by atoms with E-state index in [1.54, 1.807) is 30.9 Å². The standard InChI is InChI=1S/C20H23FN2O5/c1-3-26-20(25)14-6-5-9-23(11-14)19(24)18-17(13(2)28-22-18)12-27-16-8-4-7-15(21)10-16/h4,7-8,10,14H,3,5-6,9,11-12H2,1-2H3. The molecule has 0 radical (unpaired) electrons. The number of ether oxygens (including phenoxy) is 2. The van der Waals surface area contributed by atoms with Gasteiger partial charge in [-0.25, -0.2) is 4.39 Å². The molecule has 2 heterocycles. The van der Waals surface area contributed by atoms with Crippen molar-refractivity contribution >= 4 is 11.9 Å². The van der Waals surface area contributed by atoms with E-state index >= 15 is 0 Å². The van der Waals surface area contributed by atoms with Gasteiger partial charge in [0.05, 0.1) is 18.1 Å². The minimum Gasteiger partial charge on any atom is -0.489 e. The van der Waals surface area contributed by atoms with E-state index in [1.807, 2.05) is 0 Å². The van der Waals surface area contributed by atoms with Gasteiger partial charge in [0.2, 0.25) is 0 Å². The molecule has 28 heavy (non-hydrogen) atoms. The Morgan fingerprint density at radius 1 is 1.39 bits per heavy atom. The normalized spacial score (nSPS) is 16.7. The molecule has 0 saturated carbocycles. The third-order valence-electron chi connectivity index (χ3n) is 4.70. The lowest BCUT2D eigenvalue weighted by molar-refractivity contribution is -0.149. The summed E-state index contributed by atoms with van der Waals surface area (Å²) in [6.45, 7) is 4.60. The molecule has 1 fully saturated rings. The van der Waals surface area contributed by atoms with Crippen LogP contribution in [0.1, 0.15) is 41.6 Å². The number of carbonyl (C=O) groups is 2. The first-order valence-corrected chi connectivity index (χ1v) is 9.29. The number of nitrogens with zero attached hydrogens (tertiary/aromatic N) is 2. The second-order valence-electron chi connectivity index (χ2n) is 6.65. The maximum absolute atomic E-state index is 13.3. The molecule has 0 aliphatic carbocycles. The average molecular weight is 390 g/mol. The first kappa shape index (κ1) is 19.9. The molecular formula is C20H23FN2O5. The summed E-state index contributed by atoms with van der Waals surface area (Å²) in [4.78, 5) is 26.6. The van der Waals surface area contributed by atoms with Gasteiger partial charge in [0.25, 0.3) is 5.91 Å². The SMILES string of the molecule is CCOC(=O)C1CCCN(C(=O)c2noc(C)c2COc2cccc(F)c2)C1. The number of halogens is 1. The molecule has 0 N–H and O–H groups in total. The Morgan fingerprint density at radius 2 is 2.21 bits per heavy atom. The van der Waals surface area contributed by atoms with Gasteiger partial charge in [-0.2, -0.15) is 0 Å². The number of likely N-dealkylation sites (tertiary alicyclic amines) is 1. The zero-order chi connectivity index (χ0) is 20.1. The lowest BCUT2D eigenvalue weighted by Gasteiger charge is -2.31. The van der Waals surface area contributed by atoms with E-state index < -0.39 is 5.82 Å². The fraction of sp³-hybridized carbons (Fsp3) is 0.450. The van der Waals surface area contributed by atoms with Gasteiger partial charge in [0, 0.05) is 19.2 Å². The monoisotopic (exact) mass is 390 g/mol. The second kappa shape index (κ2) is 8.86. The molecule has 1 aromatic heterocycles. The molecule has 0 bridgehead atoms. The van der Waals surface area contributed by atoms with Gasteiger partial charge < -0.3 is 18.9 Å². The number of aryl methyl sites for hydroxylation is 1. The van der Waals surface area contributed by atoms with Gasteiger partial charge in [-0.05, 0) is 38.8 Å².